The van der Waals surface area contributed by atoms with Crippen LogP contribution in [0.15, 0.2) is 90.8 Å². The first-order valence-corrected chi connectivity index (χ1v) is 15.5. The average molecular weight is 558 g/mol. The Labute approximate surface area is 251 Å². The standard InChI is InChI=1S/C38H43N3O/c1-23(2)29-16-12-17-30(24(3)4)34(29)39-22-28-20-21-33-36(37(42)27-14-10-9-11-15-27)41(38(39)40(28)33)35-31(25(5)6)18-13-19-32(35)26(7)8/h9-26,36H,1-8H3. The van der Waals surface area contributed by atoms with E-state index in [9.17, 15) is 4.79 Å². The van der Waals surface area contributed by atoms with Gasteiger partial charge in [-0.25, -0.2) is 9.48 Å². The smallest absolute Gasteiger partial charge is 0.292 e. The maximum Gasteiger partial charge on any atom is 0.356 e. The largest absolute Gasteiger partial charge is 0.356 e. The molecule has 0 aromatic heterocycles. The summed E-state index contributed by atoms with van der Waals surface area (Å²) in [5, 5.41) is 0. The Hall–Kier alpha value is -4.05. The lowest BCUT2D eigenvalue weighted by atomic mass is 9.90. The van der Waals surface area contributed by atoms with Gasteiger partial charge < -0.3 is 0 Å². The third-order valence-electron chi connectivity index (χ3n) is 8.85. The highest BCUT2D eigenvalue weighted by Gasteiger charge is 2.54. The summed E-state index contributed by atoms with van der Waals surface area (Å²) in [5.74, 6) is 2.42. The number of anilines is 1. The van der Waals surface area contributed by atoms with Crippen molar-refractivity contribution in [3.05, 3.63) is 125 Å². The molecular weight excluding hydrogens is 514 g/mol. The van der Waals surface area contributed by atoms with Crippen LogP contribution in [0.2, 0.25) is 0 Å². The monoisotopic (exact) mass is 557 g/mol. The molecule has 3 aliphatic rings. The van der Waals surface area contributed by atoms with E-state index in [0.717, 1.165) is 28.9 Å². The maximum absolute atomic E-state index is 14.6. The van der Waals surface area contributed by atoms with E-state index < -0.39 is 6.04 Å². The zero-order valence-electron chi connectivity index (χ0n) is 26.2. The van der Waals surface area contributed by atoms with Crippen LogP contribution < -0.4 is 4.90 Å². The Morgan fingerprint density at radius 1 is 0.714 bits per heavy atom. The number of para-hydroxylation sites is 2. The third-order valence-corrected chi connectivity index (χ3v) is 8.85. The quantitative estimate of drug-likeness (QED) is 0.157. The van der Waals surface area contributed by atoms with Crippen LogP contribution in [0.3, 0.4) is 0 Å². The molecule has 3 heterocycles. The van der Waals surface area contributed by atoms with Crippen LogP contribution >= 0.6 is 0 Å². The molecule has 4 nitrogen and oxygen atoms in total. The van der Waals surface area contributed by atoms with Crippen molar-refractivity contribution in [2.24, 2.45) is 0 Å². The van der Waals surface area contributed by atoms with Crippen LogP contribution in [-0.4, -0.2) is 27.3 Å². The Balaban J connectivity index is 1.71. The molecule has 0 radical (unpaired) electrons. The predicted molar refractivity (Wildman–Crippen MR) is 174 cm³/mol. The van der Waals surface area contributed by atoms with Crippen molar-refractivity contribution >= 4 is 23.1 Å². The van der Waals surface area contributed by atoms with E-state index in [2.05, 4.69) is 125 Å². The van der Waals surface area contributed by atoms with Crippen LogP contribution in [0.4, 0.5) is 11.4 Å². The summed E-state index contributed by atoms with van der Waals surface area (Å²) in [4.78, 5) is 19.4. The minimum atomic E-state index is -0.474. The topological polar surface area (TPSA) is 26.6 Å². The van der Waals surface area contributed by atoms with Gasteiger partial charge in [-0.1, -0.05) is 122 Å². The fourth-order valence-corrected chi connectivity index (χ4v) is 6.77. The van der Waals surface area contributed by atoms with Crippen LogP contribution in [-0.2, 0) is 0 Å². The lowest BCUT2D eigenvalue weighted by Crippen LogP contribution is -2.37. The highest BCUT2D eigenvalue weighted by molar-refractivity contribution is 6.09. The maximum atomic E-state index is 14.6. The number of Topliss-reactive ketones (excluding diaryl/α,β-unsaturated/α-hetero) is 1. The number of nitrogens with zero attached hydrogens (tertiary/aromatic N) is 3. The number of rotatable bonds is 8. The van der Waals surface area contributed by atoms with Crippen LogP contribution in [0, 0.1) is 6.04 Å². The van der Waals surface area contributed by atoms with Gasteiger partial charge in [0.15, 0.2) is 5.78 Å². The molecule has 0 amide bonds. The predicted octanol–water partition coefficient (Wildman–Crippen LogP) is 9.21. The molecule has 0 bridgehead atoms. The normalized spacial score (nSPS) is 17.6. The SMILES string of the molecule is CC(C)c1cccc(C(C)C)c1N1C=C2C=C[C-]3C(C(=O)c4ccccc4)[N+](c4c(C(C)C)cccc4C(C)C)=C1N23. The molecule has 0 spiro atoms. The first-order valence-electron chi connectivity index (χ1n) is 15.5. The fraction of sp³-hybridized carbons (Fsp3) is 0.342. The van der Waals surface area contributed by atoms with Crippen LogP contribution in [0.1, 0.15) is 112 Å². The minimum Gasteiger partial charge on any atom is -0.292 e. The molecular formula is C38H43N3O. The van der Waals surface area contributed by atoms with Gasteiger partial charge in [0.25, 0.3) is 0 Å². The zero-order valence-corrected chi connectivity index (χ0v) is 26.2. The molecule has 0 N–H and O–H groups in total. The molecule has 0 saturated carbocycles. The number of guanidine groups is 1. The average Bonchev–Trinajstić information content (AvgIpc) is 3.65. The van der Waals surface area contributed by atoms with Gasteiger partial charge in [-0.2, -0.15) is 12.2 Å². The number of carbonyl (C=O) groups is 1. The van der Waals surface area contributed by atoms with Crippen molar-refractivity contribution in [1.29, 1.82) is 0 Å². The van der Waals surface area contributed by atoms with Gasteiger partial charge >= 0.3 is 5.96 Å². The van der Waals surface area contributed by atoms with Crippen LogP contribution in [0.25, 0.3) is 0 Å². The molecule has 3 aliphatic heterocycles. The van der Waals surface area contributed by atoms with E-state index in [1.807, 2.05) is 30.3 Å². The van der Waals surface area contributed by atoms with Gasteiger partial charge in [-0.05, 0) is 52.0 Å². The van der Waals surface area contributed by atoms with Gasteiger partial charge in [-0.3, -0.25) is 9.69 Å². The van der Waals surface area contributed by atoms with Crippen molar-refractivity contribution in [3.63, 3.8) is 0 Å². The van der Waals surface area contributed by atoms with Gasteiger partial charge in [0, 0.05) is 11.3 Å². The Morgan fingerprint density at radius 2 is 1.24 bits per heavy atom. The van der Waals surface area contributed by atoms with Crippen LogP contribution in [0.5, 0.6) is 0 Å². The molecule has 1 unspecified atom stereocenters. The molecule has 3 aromatic rings. The first-order chi connectivity index (χ1) is 20.1. The van der Waals surface area contributed by atoms with Crippen molar-refractivity contribution in [2.75, 3.05) is 4.90 Å². The van der Waals surface area contributed by atoms with Crippen molar-refractivity contribution in [2.45, 2.75) is 85.1 Å². The summed E-state index contributed by atoms with van der Waals surface area (Å²) in [6.45, 7) is 18.1. The zero-order chi connectivity index (χ0) is 29.9. The molecule has 6 rings (SSSR count). The number of carbonyl (C=O) groups excluding carboxylic acids is 1. The molecule has 3 aromatic carbocycles. The lowest BCUT2D eigenvalue weighted by Gasteiger charge is -2.27. The lowest BCUT2D eigenvalue weighted by molar-refractivity contribution is -0.455. The molecule has 0 saturated heterocycles. The van der Waals surface area contributed by atoms with E-state index >= 15 is 0 Å². The minimum absolute atomic E-state index is 0.118. The molecule has 0 aliphatic carbocycles. The van der Waals surface area contributed by atoms with Crippen molar-refractivity contribution in [3.8, 4) is 0 Å². The van der Waals surface area contributed by atoms with E-state index in [-0.39, 0.29) is 5.78 Å². The molecule has 1 atom stereocenters. The Morgan fingerprint density at radius 3 is 1.76 bits per heavy atom. The van der Waals surface area contributed by atoms with E-state index in [1.165, 1.54) is 27.9 Å². The first kappa shape index (κ1) is 28.1. The summed E-state index contributed by atoms with van der Waals surface area (Å²) in [6.07, 6.45) is 6.59. The molecule has 0 fully saturated rings. The van der Waals surface area contributed by atoms with Gasteiger partial charge in [0.05, 0.1) is 6.20 Å². The van der Waals surface area contributed by atoms with E-state index in [1.54, 1.807) is 0 Å². The summed E-state index contributed by atoms with van der Waals surface area (Å²) < 4.78 is 2.38. The van der Waals surface area contributed by atoms with E-state index in [0.29, 0.717) is 23.7 Å². The third kappa shape index (κ3) is 4.31. The molecule has 42 heavy (non-hydrogen) atoms. The fourth-order valence-electron chi connectivity index (χ4n) is 6.77. The Kier molecular flexibility index (Phi) is 7.12. The van der Waals surface area contributed by atoms with E-state index in [4.69, 9.17) is 0 Å². The number of allylic oxidation sites excluding steroid dienone is 1. The van der Waals surface area contributed by atoms with Crippen molar-refractivity contribution < 1.29 is 9.37 Å². The number of benzene rings is 3. The summed E-state index contributed by atoms with van der Waals surface area (Å²) in [5.41, 5.74) is 9.40. The second kappa shape index (κ2) is 10.7. The van der Waals surface area contributed by atoms with Gasteiger partial charge in [0.2, 0.25) is 0 Å². The summed E-state index contributed by atoms with van der Waals surface area (Å²) >= 11 is 0. The highest BCUT2D eigenvalue weighted by Crippen LogP contribution is 2.49. The second-order valence-corrected chi connectivity index (χ2v) is 13.0. The number of ketones is 1. The van der Waals surface area contributed by atoms with Gasteiger partial charge in [-0.15, -0.1) is 0 Å². The second-order valence-electron chi connectivity index (χ2n) is 13.0. The summed E-state index contributed by atoms with van der Waals surface area (Å²) in [7, 11) is 0. The Bertz CT molecular complexity index is 1570. The summed E-state index contributed by atoms with van der Waals surface area (Å²) in [6, 6.07) is 23.7. The number of hydrogen-bond acceptors (Lipinski definition) is 3. The molecule has 4 heteroatoms. The van der Waals surface area contributed by atoms with Crippen molar-refractivity contribution in [1.82, 2.24) is 4.90 Å². The number of hydrogen-bond donors (Lipinski definition) is 0. The van der Waals surface area contributed by atoms with Gasteiger partial charge in [0.1, 0.15) is 17.4 Å². The highest BCUT2D eigenvalue weighted by atomic mass is 16.1. The molecule has 216 valence electrons.